The van der Waals surface area contributed by atoms with Gasteiger partial charge >= 0.3 is 0 Å². The fourth-order valence-corrected chi connectivity index (χ4v) is 4.21. The van der Waals surface area contributed by atoms with Crippen molar-refractivity contribution in [2.75, 3.05) is 25.0 Å². The lowest BCUT2D eigenvalue weighted by atomic mass is 9.96. The second kappa shape index (κ2) is 7.23. The molecule has 0 spiro atoms. The van der Waals surface area contributed by atoms with E-state index < -0.39 is 0 Å². The van der Waals surface area contributed by atoms with Crippen molar-refractivity contribution in [1.82, 2.24) is 10.2 Å². The van der Waals surface area contributed by atoms with Crippen molar-refractivity contribution in [3.8, 4) is 0 Å². The maximum absolute atomic E-state index is 12.3. The number of hydrogen-bond acceptors (Lipinski definition) is 4. The second-order valence-corrected chi connectivity index (χ2v) is 8.34. The standard InChI is InChI=1S/C18H27N3O2S/c1-11-12(2)18(24-13(11)3)20-16(22)10-21-8-6-14(7-9-21)17(23)19-15-4-5-15/h14-15H,4-10H2,1-3H3,(H,19,23)(H,20,22). The summed E-state index contributed by atoms with van der Waals surface area (Å²) in [6, 6.07) is 0.433. The number of amides is 2. The molecule has 2 N–H and O–H groups in total. The van der Waals surface area contributed by atoms with Crippen LogP contribution in [0.1, 0.15) is 41.7 Å². The number of aryl methyl sites for hydroxylation is 1. The average Bonchev–Trinajstić information content (AvgIpc) is 3.33. The summed E-state index contributed by atoms with van der Waals surface area (Å²) in [5, 5.41) is 7.10. The summed E-state index contributed by atoms with van der Waals surface area (Å²) in [6.07, 6.45) is 3.96. The molecule has 1 saturated carbocycles. The van der Waals surface area contributed by atoms with E-state index in [1.165, 1.54) is 16.0 Å². The quantitative estimate of drug-likeness (QED) is 0.859. The predicted octanol–water partition coefficient (Wildman–Crippen LogP) is 2.60. The first-order valence-corrected chi connectivity index (χ1v) is 9.65. The van der Waals surface area contributed by atoms with Crippen LogP contribution in [0.3, 0.4) is 0 Å². The highest BCUT2D eigenvalue weighted by Crippen LogP contribution is 2.31. The van der Waals surface area contributed by atoms with Gasteiger partial charge in [0, 0.05) is 16.8 Å². The second-order valence-electron chi connectivity index (χ2n) is 7.12. The van der Waals surface area contributed by atoms with Crippen LogP contribution in [-0.4, -0.2) is 42.4 Å². The summed E-state index contributed by atoms with van der Waals surface area (Å²) >= 11 is 1.64. The van der Waals surface area contributed by atoms with Crippen molar-refractivity contribution >= 4 is 28.2 Å². The molecule has 24 heavy (non-hydrogen) atoms. The molecule has 0 radical (unpaired) electrons. The van der Waals surface area contributed by atoms with Crippen molar-refractivity contribution in [2.24, 2.45) is 5.92 Å². The summed E-state index contributed by atoms with van der Waals surface area (Å²) in [5.41, 5.74) is 2.43. The van der Waals surface area contributed by atoms with Gasteiger partial charge in [0.25, 0.3) is 0 Å². The Labute approximate surface area is 147 Å². The van der Waals surface area contributed by atoms with E-state index in [2.05, 4.69) is 36.3 Å². The Morgan fingerprint density at radius 2 is 1.75 bits per heavy atom. The number of carbonyl (C=O) groups excluding carboxylic acids is 2. The topological polar surface area (TPSA) is 61.4 Å². The van der Waals surface area contributed by atoms with Crippen molar-refractivity contribution in [3.63, 3.8) is 0 Å². The minimum Gasteiger partial charge on any atom is -0.353 e. The van der Waals surface area contributed by atoms with E-state index in [-0.39, 0.29) is 17.7 Å². The number of carbonyl (C=O) groups is 2. The van der Waals surface area contributed by atoms with Gasteiger partial charge in [-0.25, -0.2) is 0 Å². The minimum absolute atomic E-state index is 0.0419. The van der Waals surface area contributed by atoms with Gasteiger partial charge in [0.1, 0.15) is 0 Å². The summed E-state index contributed by atoms with van der Waals surface area (Å²) in [5.74, 6) is 0.372. The van der Waals surface area contributed by atoms with E-state index in [4.69, 9.17) is 0 Å². The molecular formula is C18H27N3O2S. The number of hydrogen-bond donors (Lipinski definition) is 2. The SMILES string of the molecule is Cc1sc(NC(=O)CN2CCC(C(=O)NC3CC3)CC2)c(C)c1C. The first-order valence-electron chi connectivity index (χ1n) is 8.83. The molecule has 2 amide bonds. The highest BCUT2D eigenvalue weighted by molar-refractivity contribution is 7.16. The third-order valence-corrected chi connectivity index (χ3v) is 6.41. The molecule has 2 heterocycles. The maximum Gasteiger partial charge on any atom is 0.239 e. The Bertz CT molecular complexity index is 628. The molecule has 1 aliphatic heterocycles. The first-order chi connectivity index (χ1) is 11.4. The minimum atomic E-state index is 0.0419. The molecular weight excluding hydrogens is 322 g/mol. The molecule has 2 fully saturated rings. The monoisotopic (exact) mass is 349 g/mol. The Morgan fingerprint density at radius 3 is 2.29 bits per heavy atom. The Hall–Kier alpha value is -1.40. The molecule has 132 valence electrons. The van der Waals surface area contributed by atoms with Gasteiger partial charge in [-0.05, 0) is 70.7 Å². The van der Waals surface area contributed by atoms with Gasteiger partial charge < -0.3 is 10.6 Å². The molecule has 6 heteroatoms. The Morgan fingerprint density at radius 1 is 1.08 bits per heavy atom. The molecule has 0 bridgehead atoms. The van der Waals surface area contributed by atoms with E-state index in [1.807, 2.05) is 0 Å². The molecule has 3 rings (SSSR count). The van der Waals surface area contributed by atoms with E-state index in [0.717, 1.165) is 43.8 Å². The predicted molar refractivity (Wildman–Crippen MR) is 97.5 cm³/mol. The highest BCUT2D eigenvalue weighted by atomic mass is 32.1. The van der Waals surface area contributed by atoms with Crippen LogP contribution in [-0.2, 0) is 9.59 Å². The van der Waals surface area contributed by atoms with Crippen LogP contribution in [0.25, 0.3) is 0 Å². The zero-order valence-corrected chi connectivity index (χ0v) is 15.6. The normalized spacial score (nSPS) is 19.3. The Balaban J connectivity index is 1.44. The average molecular weight is 350 g/mol. The van der Waals surface area contributed by atoms with Crippen molar-refractivity contribution in [1.29, 1.82) is 0 Å². The fraction of sp³-hybridized carbons (Fsp3) is 0.667. The summed E-state index contributed by atoms with van der Waals surface area (Å²) in [4.78, 5) is 27.8. The van der Waals surface area contributed by atoms with Crippen LogP contribution < -0.4 is 10.6 Å². The van der Waals surface area contributed by atoms with Crippen molar-refractivity contribution < 1.29 is 9.59 Å². The molecule has 1 aromatic rings. The Kier molecular flexibility index (Phi) is 5.25. The van der Waals surface area contributed by atoms with Crippen LogP contribution in [0, 0.1) is 26.7 Å². The number of nitrogens with one attached hydrogen (secondary N) is 2. The summed E-state index contributed by atoms with van der Waals surface area (Å²) in [7, 11) is 0. The van der Waals surface area contributed by atoms with E-state index in [9.17, 15) is 9.59 Å². The van der Waals surface area contributed by atoms with Gasteiger partial charge in [-0.2, -0.15) is 0 Å². The molecule has 2 aliphatic rings. The van der Waals surface area contributed by atoms with E-state index in [0.29, 0.717) is 12.6 Å². The smallest absolute Gasteiger partial charge is 0.239 e. The zero-order chi connectivity index (χ0) is 17.3. The van der Waals surface area contributed by atoms with Crippen molar-refractivity contribution in [3.05, 3.63) is 16.0 Å². The zero-order valence-electron chi connectivity index (χ0n) is 14.8. The molecule has 5 nitrogen and oxygen atoms in total. The first kappa shape index (κ1) is 17.4. The van der Waals surface area contributed by atoms with E-state index in [1.54, 1.807) is 11.3 Å². The van der Waals surface area contributed by atoms with Crippen molar-refractivity contribution in [2.45, 2.75) is 52.5 Å². The summed E-state index contributed by atoms with van der Waals surface area (Å²) in [6.45, 7) is 8.27. The van der Waals surface area contributed by atoms with Crippen LogP contribution >= 0.6 is 11.3 Å². The third kappa shape index (κ3) is 4.16. The number of thiophene rings is 1. The largest absolute Gasteiger partial charge is 0.353 e. The molecule has 0 unspecified atom stereocenters. The lowest BCUT2D eigenvalue weighted by Gasteiger charge is -2.30. The van der Waals surface area contributed by atoms with Crippen LogP contribution in [0.5, 0.6) is 0 Å². The van der Waals surface area contributed by atoms with Gasteiger partial charge in [0.05, 0.1) is 11.5 Å². The van der Waals surface area contributed by atoms with Crippen LogP contribution in [0.2, 0.25) is 0 Å². The third-order valence-electron chi connectivity index (χ3n) is 5.19. The number of piperidine rings is 1. The number of likely N-dealkylation sites (tertiary alicyclic amines) is 1. The lowest BCUT2D eigenvalue weighted by Crippen LogP contribution is -2.43. The van der Waals surface area contributed by atoms with Crippen LogP contribution in [0.4, 0.5) is 5.00 Å². The fourth-order valence-electron chi connectivity index (χ4n) is 3.13. The van der Waals surface area contributed by atoms with Gasteiger partial charge in [-0.3, -0.25) is 14.5 Å². The summed E-state index contributed by atoms with van der Waals surface area (Å²) < 4.78 is 0. The molecule has 1 aromatic heterocycles. The van der Waals surface area contributed by atoms with Crippen LogP contribution in [0.15, 0.2) is 0 Å². The lowest BCUT2D eigenvalue weighted by molar-refractivity contribution is -0.126. The highest BCUT2D eigenvalue weighted by Gasteiger charge is 2.30. The van der Waals surface area contributed by atoms with Gasteiger partial charge in [-0.15, -0.1) is 11.3 Å². The maximum atomic E-state index is 12.3. The molecule has 0 aromatic carbocycles. The number of rotatable bonds is 5. The number of nitrogens with zero attached hydrogens (tertiary/aromatic N) is 1. The molecule has 1 saturated heterocycles. The van der Waals surface area contributed by atoms with Gasteiger partial charge in [-0.1, -0.05) is 0 Å². The van der Waals surface area contributed by atoms with Gasteiger partial charge in [0.15, 0.2) is 0 Å². The van der Waals surface area contributed by atoms with Gasteiger partial charge in [0.2, 0.25) is 11.8 Å². The molecule has 1 aliphatic carbocycles. The number of anilines is 1. The van der Waals surface area contributed by atoms with E-state index >= 15 is 0 Å². The molecule has 0 atom stereocenters.